The first kappa shape index (κ1) is 18.9. The lowest BCUT2D eigenvalue weighted by Gasteiger charge is -2.34. The smallest absolute Gasteiger partial charge is 0.339 e. The molecule has 144 valence electrons. The van der Waals surface area contributed by atoms with Gasteiger partial charge in [-0.2, -0.15) is 0 Å². The van der Waals surface area contributed by atoms with Crippen molar-refractivity contribution in [2.24, 2.45) is 0 Å². The summed E-state index contributed by atoms with van der Waals surface area (Å²) < 4.78 is 30.8. The molecule has 0 aliphatic carbocycles. The van der Waals surface area contributed by atoms with E-state index in [0.717, 1.165) is 18.9 Å². The lowest BCUT2D eigenvalue weighted by Crippen LogP contribution is -2.42. The Hall–Kier alpha value is -2.83. The molecular weight excluding hydrogens is 351 g/mol. The van der Waals surface area contributed by atoms with E-state index in [-0.39, 0.29) is 17.5 Å². The molecular formula is C20H23FN2O4. The zero-order chi connectivity index (χ0) is 19.2. The Kier molecular flexibility index (Phi) is 6.11. The van der Waals surface area contributed by atoms with Gasteiger partial charge in [0, 0.05) is 12.7 Å². The molecule has 0 bridgehead atoms. The number of halogens is 1. The first-order valence-electron chi connectivity index (χ1n) is 8.99. The summed E-state index contributed by atoms with van der Waals surface area (Å²) in [6, 6.07) is 8.68. The Bertz CT molecular complexity index is 799. The van der Waals surface area contributed by atoms with Crippen LogP contribution in [0.4, 0.5) is 10.2 Å². The van der Waals surface area contributed by atoms with E-state index in [0.29, 0.717) is 31.2 Å². The van der Waals surface area contributed by atoms with Crippen molar-refractivity contribution in [1.82, 2.24) is 4.98 Å². The third-order valence-electron chi connectivity index (χ3n) is 4.36. The van der Waals surface area contributed by atoms with Gasteiger partial charge in [0.15, 0.2) is 23.1 Å². The Balaban J connectivity index is 1.72. The molecule has 2 heterocycles. The molecule has 1 aliphatic rings. The molecule has 0 unspecified atom stereocenters. The maximum atomic E-state index is 14.5. The molecule has 2 aromatic rings. The van der Waals surface area contributed by atoms with Crippen LogP contribution in [-0.2, 0) is 4.74 Å². The number of para-hydroxylation sites is 2. The fraction of sp³-hybridized carbons (Fsp3) is 0.400. The van der Waals surface area contributed by atoms with Gasteiger partial charge in [0.2, 0.25) is 0 Å². The molecule has 1 aromatic heterocycles. The van der Waals surface area contributed by atoms with Gasteiger partial charge in [-0.15, -0.1) is 0 Å². The fourth-order valence-corrected chi connectivity index (χ4v) is 3.12. The van der Waals surface area contributed by atoms with Crippen LogP contribution in [0.3, 0.4) is 0 Å². The topological polar surface area (TPSA) is 60.9 Å². The number of ether oxygens (including phenoxy) is 3. The summed E-state index contributed by atoms with van der Waals surface area (Å²) >= 11 is 0. The third-order valence-corrected chi connectivity index (χ3v) is 4.36. The van der Waals surface area contributed by atoms with Crippen molar-refractivity contribution >= 4 is 11.8 Å². The first-order valence-corrected chi connectivity index (χ1v) is 8.99. The van der Waals surface area contributed by atoms with E-state index in [4.69, 9.17) is 9.47 Å². The highest BCUT2D eigenvalue weighted by molar-refractivity contribution is 5.89. The van der Waals surface area contributed by atoms with Crippen molar-refractivity contribution in [1.29, 1.82) is 0 Å². The van der Waals surface area contributed by atoms with E-state index in [9.17, 15) is 9.18 Å². The quantitative estimate of drug-likeness (QED) is 0.722. The van der Waals surface area contributed by atoms with Crippen LogP contribution >= 0.6 is 0 Å². The highest BCUT2D eigenvalue weighted by Gasteiger charge is 2.25. The van der Waals surface area contributed by atoms with Gasteiger partial charge >= 0.3 is 5.97 Å². The Morgan fingerprint density at radius 1 is 1.33 bits per heavy atom. The molecule has 27 heavy (non-hydrogen) atoms. The van der Waals surface area contributed by atoms with Crippen LogP contribution in [0.15, 0.2) is 36.5 Å². The first-order chi connectivity index (χ1) is 13.1. The number of benzene rings is 1. The number of anilines is 1. The van der Waals surface area contributed by atoms with Gasteiger partial charge < -0.3 is 19.1 Å². The number of hydrogen-bond donors (Lipinski definition) is 0. The molecule has 1 saturated heterocycles. The third kappa shape index (κ3) is 4.48. The zero-order valence-corrected chi connectivity index (χ0v) is 15.5. The number of carbonyl (C=O) groups is 1. The van der Waals surface area contributed by atoms with Gasteiger partial charge in [-0.25, -0.2) is 14.2 Å². The van der Waals surface area contributed by atoms with Gasteiger partial charge in [0.25, 0.3) is 0 Å². The highest BCUT2D eigenvalue weighted by Crippen LogP contribution is 2.30. The SMILES string of the molecule is CCOc1ccccc1O[C@@H]1CCCN(c2ncc(C(=O)OC)cc2F)C1. The normalized spacial score (nSPS) is 16.7. The van der Waals surface area contributed by atoms with Crippen molar-refractivity contribution in [3.63, 3.8) is 0 Å². The minimum absolute atomic E-state index is 0.0919. The molecule has 0 spiro atoms. The number of esters is 1. The second-order valence-corrected chi connectivity index (χ2v) is 6.23. The van der Waals surface area contributed by atoms with Gasteiger partial charge in [0.05, 0.1) is 25.8 Å². The van der Waals surface area contributed by atoms with Crippen LogP contribution < -0.4 is 14.4 Å². The molecule has 0 N–H and O–H groups in total. The second-order valence-electron chi connectivity index (χ2n) is 6.23. The molecule has 0 saturated carbocycles. The zero-order valence-electron chi connectivity index (χ0n) is 15.5. The summed E-state index contributed by atoms with van der Waals surface area (Å²) in [6.07, 6.45) is 2.93. The van der Waals surface area contributed by atoms with Gasteiger partial charge in [-0.1, -0.05) is 12.1 Å². The Labute approximate surface area is 157 Å². The minimum Gasteiger partial charge on any atom is -0.490 e. The standard InChI is InChI=1S/C20H23FN2O4/c1-3-26-17-8-4-5-9-18(17)27-15-7-6-10-23(13-15)19-16(21)11-14(12-22-19)20(24)25-2/h4-5,8-9,11-12,15H,3,6-7,10,13H2,1-2H3/t15-/m1/s1. The molecule has 0 amide bonds. The van der Waals surface area contributed by atoms with E-state index in [1.165, 1.54) is 13.3 Å². The molecule has 1 aromatic carbocycles. The van der Waals surface area contributed by atoms with E-state index >= 15 is 0 Å². The summed E-state index contributed by atoms with van der Waals surface area (Å²) in [6.45, 7) is 3.65. The highest BCUT2D eigenvalue weighted by atomic mass is 19.1. The molecule has 1 fully saturated rings. The monoisotopic (exact) mass is 374 g/mol. The molecule has 7 heteroatoms. The van der Waals surface area contributed by atoms with Gasteiger partial charge in [-0.3, -0.25) is 0 Å². The van der Waals surface area contributed by atoms with Crippen LogP contribution in [-0.4, -0.2) is 43.9 Å². The van der Waals surface area contributed by atoms with Gasteiger partial charge in [0.1, 0.15) is 6.10 Å². The number of nitrogens with zero attached hydrogens (tertiary/aromatic N) is 2. The lowest BCUT2D eigenvalue weighted by atomic mass is 10.1. The minimum atomic E-state index is -0.611. The average molecular weight is 374 g/mol. The van der Waals surface area contributed by atoms with Crippen molar-refractivity contribution < 1.29 is 23.4 Å². The number of pyridine rings is 1. The van der Waals surface area contributed by atoms with E-state index in [1.807, 2.05) is 36.1 Å². The number of carbonyl (C=O) groups excluding carboxylic acids is 1. The van der Waals surface area contributed by atoms with E-state index < -0.39 is 11.8 Å². The summed E-state index contributed by atoms with van der Waals surface area (Å²) in [5.74, 6) is 0.437. The van der Waals surface area contributed by atoms with Crippen molar-refractivity contribution in [2.75, 3.05) is 31.7 Å². The van der Waals surface area contributed by atoms with E-state index in [1.54, 1.807) is 0 Å². The molecule has 3 rings (SSSR count). The van der Waals surface area contributed by atoms with Crippen LogP contribution in [0, 0.1) is 5.82 Å². The number of methoxy groups -OCH3 is 1. The summed E-state index contributed by atoms with van der Waals surface area (Å²) in [5.41, 5.74) is 0.0919. The largest absolute Gasteiger partial charge is 0.490 e. The number of piperidine rings is 1. The maximum absolute atomic E-state index is 14.5. The predicted octanol–water partition coefficient (Wildman–Crippen LogP) is 3.45. The number of hydrogen-bond acceptors (Lipinski definition) is 6. The van der Waals surface area contributed by atoms with Crippen LogP contribution in [0.25, 0.3) is 0 Å². The van der Waals surface area contributed by atoms with Crippen LogP contribution in [0.1, 0.15) is 30.1 Å². The Morgan fingerprint density at radius 2 is 2.11 bits per heavy atom. The summed E-state index contributed by atoms with van der Waals surface area (Å²) in [5, 5.41) is 0. The number of rotatable bonds is 6. The van der Waals surface area contributed by atoms with Crippen LogP contribution in [0.5, 0.6) is 11.5 Å². The lowest BCUT2D eigenvalue weighted by molar-refractivity contribution is 0.0599. The van der Waals surface area contributed by atoms with Crippen LogP contribution in [0.2, 0.25) is 0 Å². The van der Waals surface area contributed by atoms with Gasteiger partial charge in [-0.05, 0) is 38.0 Å². The summed E-state index contributed by atoms with van der Waals surface area (Å²) in [7, 11) is 1.25. The maximum Gasteiger partial charge on any atom is 0.339 e. The number of aromatic nitrogens is 1. The molecule has 1 atom stereocenters. The van der Waals surface area contributed by atoms with E-state index in [2.05, 4.69) is 9.72 Å². The Morgan fingerprint density at radius 3 is 2.81 bits per heavy atom. The fourth-order valence-electron chi connectivity index (χ4n) is 3.12. The second kappa shape index (κ2) is 8.70. The molecule has 1 aliphatic heterocycles. The molecule has 6 nitrogen and oxygen atoms in total. The summed E-state index contributed by atoms with van der Waals surface area (Å²) in [4.78, 5) is 17.5. The van der Waals surface area contributed by atoms with Crippen molar-refractivity contribution in [3.05, 3.63) is 47.9 Å². The van der Waals surface area contributed by atoms with Crippen molar-refractivity contribution in [2.45, 2.75) is 25.9 Å². The average Bonchev–Trinajstić information content (AvgIpc) is 2.69. The van der Waals surface area contributed by atoms with Crippen molar-refractivity contribution in [3.8, 4) is 11.5 Å². The predicted molar refractivity (Wildman–Crippen MR) is 99.0 cm³/mol. The molecule has 0 radical (unpaired) electrons.